The van der Waals surface area contributed by atoms with Crippen molar-refractivity contribution in [3.8, 4) is 0 Å². The highest BCUT2D eigenvalue weighted by Gasteiger charge is 2.23. The molecule has 19 heavy (non-hydrogen) atoms. The van der Waals surface area contributed by atoms with E-state index in [1.165, 1.54) is 64.2 Å². The molecule has 114 valence electrons. The fourth-order valence-electron chi connectivity index (χ4n) is 2.44. The number of hydrogen-bond acceptors (Lipinski definition) is 3. The molecule has 0 spiro atoms. The van der Waals surface area contributed by atoms with E-state index < -0.39 is 0 Å². The van der Waals surface area contributed by atoms with Crippen LogP contribution in [0.1, 0.15) is 53.4 Å². The molecule has 0 aliphatic carbocycles. The van der Waals surface area contributed by atoms with Gasteiger partial charge in [-0.05, 0) is 51.4 Å². The van der Waals surface area contributed by atoms with Crippen molar-refractivity contribution >= 4 is 11.8 Å². The molecule has 1 saturated heterocycles. The lowest BCUT2D eigenvalue weighted by Gasteiger charge is -2.22. The van der Waals surface area contributed by atoms with E-state index in [2.05, 4.69) is 49.7 Å². The Balaban J connectivity index is 1.97. The van der Waals surface area contributed by atoms with Crippen molar-refractivity contribution in [2.45, 2.75) is 58.1 Å². The van der Waals surface area contributed by atoms with Crippen LogP contribution in [0, 0.1) is 5.92 Å². The summed E-state index contributed by atoms with van der Waals surface area (Å²) in [6.45, 7) is 15.6. The summed E-state index contributed by atoms with van der Waals surface area (Å²) in [6.07, 6.45) is 5.42. The first-order valence-electron chi connectivity index (χ1n) is 8.07. The van der Waals surface area contributed by atoms with Gasteiger partial charge in [0.1, 0.15) is 0 Å². The molecule has 1 N–H and O–H groups in total. The zero-order valence-corrected chi connectivity index (χ0v) is 14.3. The molecule has 1 heterocycles. The SMILES string of the molecule is CC(C)CNCCCCCN1CCSC(C)(C)CC1. The van der Waals surface area contributed by atoms with Crippen LogP contribution in [0.2, 0.25) is 0 Å². The minimum Gasteiger partial charge on any atom is -0.316 e. The van der Waals surface area contributed by atoms with Gasteiger partial charge in [-0.3, -0.25) is 0 Å². The van der Waals surface area contributed by atoms with Crippen LogP contribution in [0.3, 0.4) is 0 Å². The first kappa shape index (κ1) is 17.3. The topological polar surface area (TPSA) is 15.3 Å². The molecule has 0 bridgehead atoms. The highest BCUT2D eigenvalue weighted by molar-refractivity contribution is 8.00. The van der Waals surface area contributed by atoms with Crippen molar-refractivity contribution < 1.29 is 0 Å². The van der Waals surface area contributed by atoms with Crippen LogP contribution in [0.15, 0.2) is 0 Å². The van der Waals surface area contributed by atoms with E-state index in [4.69, 9.17) is 0 Å². The summed E-state index contributed by atoms with van der Waals surface area (Å²) in [5.74, 6) is 2.08. The Kier molecular flexibility index (Phi) is 8.43. The first-order valence-corrected chi connectivity index (χ1v) is 9.05. The number of nitrogens with zero attached hydrogens (tertiary/aromatic N) is 1. The summed E-state index contributed by atoms with van der Waals surface area (Å²) < 4.78 is 0.496. The molecule has 0 aromatic carbocycles. The van der Waals surface area contributed by atoms with Crippen LogP contribution in [0.4, 0.5) is 0 Å². The van der Waals surface area contributed by atoms with Crippen molar-refractivity contribution in [3.05, 3.63) is 0 Å². The third-order valence-corrected chi connectivity index (χ3v) is 5.18. The summed E-state index contributed by atoms with van der Waals surface area (Å²) in [5.41, 5.74) is 0. The number of thioether (sulfide) groups is 1. The number of rotatable bonds is 8. The Morgan fingerprint density at radius 2 is 1.95 bits per heavy atom. The Labute approximate surface area is 125 Å². The summed E-state index contributed by atoms with van der Waals surface area (Å²) in [7, 11) is 0. The van der Waals surface area contributed by atoms with E-state index in [0.717, 1.165) is 5.92 Å². The molecule has 2 nitrogen and oxygen atoms in total. The zero-order valence-electron chi connectivity index (χ0n) is 13.5. The second-order valence-electron chi connectivity index (χ2n) is 6.86. The molecule has 0 unspecified atom stereocenters. The average Bonchev–Trinajstić information content (AvgIpc) is 2.49. The number of unbranched alkanes of at least 4 members (excludes halogenated alkanes) is 2. The van der Waals surface area contributed by atoms with Crippen LogP contribution in [0.5, 0.6) is 0 Å². The molecule has 0 radical (unpaired) electrons. The van der Waals surface area contributed by atoms with Crippen molar-refractivity contribution in [3.63, 3.8) is 0 Å². The van der Waals surface area contributed by atoms with Crippen molar-refractivity contribution in [1.82, 2.24) is 10.2 Å². The van der Waals surface area contributed by atoms with Gasteiger partial charge in [0, 0.05) is 17.0 Å². The molecule has 0 saturated carbocycles. The summed E-state index contributed by atoms with van der Waals surface area (Å²) in [6, 6.07) is 0. The number of hydrogen-bond donors (Lipinski definition) is 1. The lowest BCUT2D eigenvalue weighted by atomic mass is 10.1. The molecule has 0 atom stereocenters. The van der Waals surface area contributed by atoms with Gasteiger partial charge in [0.05, 0.1) is 0 Å². The largest absolute Gasteiger partial charge is 0.316 e. The normalized spacial score (nSPS) is 20.7. The standard InChI is InChI=1S/C16H34N2S/c1-15(2)14-17-9-6-5-7-10-18-11-8-16(3,4)19-13-12-18/h15,17H,5-14H2,1-4H3. The second kappa shape index (κ2) is 9.25. The predicted molar refractivity (Wildman–Crippen MR) is 89.2 cm³/mol. The fourth-order valence-corrected chi connectivity index (χ4v) is 3.58. The third-order valence-electron chi connectivity index (χ3n) is 3.81. The van der Waals surface area contributed by atoms with E-state index in [1.54, 1.807) is 0 Å². The molecule has 0 aromatic heterocycles. The Morgan fingerprint density at radius 1 is 1.16 bits per heavy atom. The smallest absolute Gasteiger partial charge is 0.0116 e. The molecule has 3 heteroatoms. The lowest BCUT2D eigenvalue weighted by molar-refractivity contribution is 0.277. The van der Waals surface area contributed by atoms with Gasteiger partial charge in [-0.15, -0.1) is 0 Å². The molecule has 1 aliphatic heterocycles. The maximum atomic E-state index is 3.53. The second-order valence-corrected chi connectivity index (χ2v) is 8.66. The van der Waals surface area contributed by atoms with E-state index >= 15 is 0 Å². The van der Waals surface area contributed by atoms with E-state index in [-0.39, 0.29) is 0 Å². The van der Waals surface area contributed by atoms with Crippen molar-refractivity contribution in [1.29, 1.82) is 0 Å². The predicted octanol–water partition coefficient (Wildman–Crippen LogP) is 3.62. The third kappa shape index (κ3) is 8.93. The molecule has 1 aliphatic rings. The molecule has 1 rings (SSSR count). The maximum Gasteiger partial charge on any atom is 0.0116 e. The minimum absolute atomic E-state index is 0.496. The van der Waals surface area contributed by atoms with Gasteiger partial charge in [0.15, 0.2) is 0 Å². The quantitative estimate of drug-likeness (QED) is 0.686. The first-order chi connectivity index (χ1) is 8.99. The molecule has 0 amide bonds. The van der Waals surface area contributed by atoms with Gasteiger partial charge >= 0.3 is 0 Å². The van der Waals surface area contributed by atoms with Gasteiger partial charge in [0.2, 0.25) is 0 Å². The molecular weight excluding hydrogens is 252 g/mol. The highest BCUT2D eigenvalue weighted by Crippen LogP contribution is 2.30. The Morgan fingerprint density at radius 3 is 2.68 bits per heavy atom. The summed E-state index contributed by atoms with van der Waals surface area (Å²) in [5, 5.41) is 3.53. The van der Waals surface area contributed by atoms with Gasteiger partial charge in [-0.25, -0.2) is 0 Å². The van der Waals surface area contributed by atoms with E-state index in [1.807, 2.05) is 0 Å². The molecule has 1 fully saturated rings. The van der Waals surface area contributed by atoms with Crippen LogP contribution in [-0.2, 0) is 0 Å². The molecule has 0 aromatic rings. The zero-order chi connectivity index (χ0) is 14.1. The Bertz CT molecular complexity index is 229. The van der Waals surface area contributed by atoms with Crippen molar-refractivity contribution in [2.24, 2.45) is 5.92 Å². The molecular formula is C16H34N2S. The van der Waals surface area contributed by atoms with Crippen molar-refractivity contribution in [2.75, 3.05) is 38.5 Å². The fraction of sp³-hybridized carbons (Fsp3) is 1.00. The van der Waals surface area contributed by atoms with E-state index in [0.29, 0.717) is 4.75 Å². The maximum absolute atomic E-state index is 3.53. The van der Waals surface area contributed by atoms with Crippen LogP contribution in [-0.4, -0.2) is 48.1 Å². The van der Waals surface area contributed by atoms with Crippen LogP contribution < -0.4 is 5.32 Å². The van der Waals surface area contributed by atoms with Gasteiger partial charge in [0.25, 0.3) is 0 Å². The monoisotopic (exact) mass is 286 g/mol. The summed E-state index contributed by atoms with van der Waals surface area (Å²) >= 11 is 2.15. The Hall–Kier alpha value is 0.270. The van der Waals surface area contributed by atoms with E-state index in [9.17, 15) is 0 Å². The lowest BCUT2D eigenvalue weighted by Crippen LogP contribution is -2.28. The van der Waals surface area contributed by atoms with Gasteiger partial charge < -0.3 is 10.2 Å². The van der Waals surface area contributed by atoms with Gasteiger partial charge in [-0.1, -0.05) is 34.1 Å². The number of nitrogens with one attached hydrogen (secondary N) is 1. The highest BCUT2D eigenvalue weighted by atomic mass is 32.2. The van der Waals surface area contributed by atoms with Gasteiger partial charge in [-0.2, -0.15) is 11.8 Å². The minimum atomic E-state index is 0.496. The summed E-state index contributed by atoms with van der Waals surface area (Å²) in [4.78, 5) is 2.67. The van der Waals surface area contributed by atoms with Crippen LogP contribution in [0.25, 0.3) is 0 Å². The average molecular weight is 287 g/mol. The van der Waals surface area contributed by atoms with Crippen LogP contribution >= 0.6 is 11.8 Å².